The van der Waals surface area contributed by atoms with Gasteiger partial charge in [-0.05, 0) is 35.2 Å². The van der Waals surface area contributed by atoms with E-state index < -0.39 is 35.1 Å². The van der Waals surface area contributed by atoms with Gasteiger partial charge in [0.1, 0.15) is 17.1 Å². The second-order valence-electron chi connectivity index (χ2n) is 6.97. The van der Waals surface area contributed by atoms with Gasteiger partial charge in [0.15, 0.2) is 16.7 Å². The van der Waals surface area contributed by atoms with E-state index in [1.165, 1.54) is 24.3 Å². The Morgan fingerprint density at radius 2 is 1.84 bits per heavy atom. The van der Waals surface area contributed by atoms with E-state index in [0.29, 0.717) is 16.5 Å². The van der Waals surface area contributed by atoms with Crippen LogP contribution in [0.5, 0.6) is 5.75 Å². The molecular formula is C22H12F2N2O4S2. The second kappa shape index (κ2) is 7.50. The highest BCUT2D eigenvalue weighted by atomic mass is 32.1. The Hall–Kier alpha value is -3.63. The summed E-state index contributed by atoms with van der Waals surface area (Å²) in [7, 11) is 0. The van der Waals surface area contributed by atoms with Gasteiger partial charge in [-0.25, -0.2) is 13.8 Å². The maximum Gasteiger partial charge on any atom is 0.296 e. The van der Waals surface area contributed by atoms with Crippen molar-refractivity contribution < 1.29 is 28.6 Å². The van der Waals surface area contributed by atoms with Crippen LogP contribution in [0.4, 0.5) is 13.9 Å². The number of aromatic hydroxyl groups is 1. The Labute approximate surface area is 187 Å². The number of hydrogen-bond donors (Lipinski definition) is 2. The normalized spacial score (nSPS) is 16.4. The van der Waals surface area contributed by atoms with E-state index in [1.54, 1.807) is 17.5 Å². The number of hydrogen-bond acceptors (Lipinski definition) is 7. The van der Waals surface area contributed by atoms with Crippen molar-refractivity contribution in [3.05, 3.63) is 87.3 Å². The number of nitrogens with zero attached hydrogens (tertiary/aromatic N) is 2. The number of carbonyl (C=O) groups excluding carboxylic acids is 2. The van der Waals surface area contributed by atoms with Crippen LogP contribution >= 0.6 is 22.7 Å². The van der Waals surface area contributed by atoms with Gasteiger partial charge in [-0.15, -0.1) is 11.3 Å². The maximum absolute atomic E-state index is 14.2. The molecule has 2 aromatic carbocycles. The summed E-state index contributed by atoms with van der Waals surface area (Å²) in [5.74, 6) is -3.87. The average molecular weight is 470 g/mol. The first kappa shape index (κ1) is 20.3. The number of carbonyl (C=O) groups is 2. The number of phenolic OH excluding ortho intramolecular Hbond substituents is 1. The quantitative estimate of drug-likeness (QED) is 0.404. The second-order valence-corrected chi connectivity index (χ2v) is 8.93. The largest absolute Gasteiger partial charge is 0.508 e. The van der Waals surface area contributed by atoms with Crippen LogP contribution in [0.2, 0.25) is 0 Å². The number of amides is 1. The molecule has 5 rings (SSSR count). The van der Waals surface area contributed by atoms with Gasteiger partial charge in [0.05, 0.1) is 21.2 Å². The molecule has 1 atom stereocenters. The van der Waals surface area contributed by atoms with E-state index in [4.69, 9.17) is 0 Å². The number of Topliss-reactive ketones (excluding diaryl/α,β-unsaturated/α-hetero) is 1. The lowest BCUT2D eigenvalue weighted by Crippen LogP contribution is -2.30. The van der Waals surface area contributed by atoms with Crippen LogP contribution in [0.15, 0.2) is 65.2 Å². The van der Waals surface area contributed by atoms with Gasteiger partial charge in [-0.3, -0.25) is 14.5 Å². The minimum atomic E-state index is -1.08. The lowest BCUT2D eigenvalue weighted by Gasteiger charge is -2.24. The molecule has 0 saturated carbocycles. The summed E-state index contributed by atoms with van der Waals surface area (Å²) in [5, 5.41) is 22.0. The van der Waals surface area contributed by atoms with Crippen molar-refractivity contribution in [2.75, 3.05) is 4.90 Å². The summed E-state index contributed by atoms with van der Waals surface area (Å²) in [6.07, 6.45) is 0. The molecule has 0 radical (unpaired) electrons. The number of halogens is 2. The fourth-order valence-electron chi connectivity index (χ4n) is 3.60. The number of rotatable bonds is 4. The zero-order chi connectivity index (χ0) is 22.6. The highest BCUT2D eigenvalue weighted by molar-refractivity contribution is 7.22. The first-order valence-corrected chi connectivity index (χ1v) is 10.9. The van der Waals surface area contributed by atoms with Gasteiger partial charge in [0.25, 0.3) is 5.91 Å². The third-order valence-corrected chi connectivity index (χ3v) is 6.88. The van der Waals surface area contributed by atoms with Crippen LogP contribution < -0.4 is 4.90 Å². The molecule has 1 aliphatic heterocycles. The molecule has 2 aromatic heterocycles. The van der Waals surface area contributed by atoms with Crippen molar-refractivity contribution in [1.29, 1.82) is 0 Å². The number of thiazole rings is 1. The molecule has 6 nitrogen and oxygen atoms in total. The van der Waals surface area contributed by atoms with E-state index in [-0.39, 0.29) is 26.7 Å². The van der Waals surface area contributed by atoms with Crippen molar-refractivity contribution in [2.45, 2.75) is 6.04 Å². The molecule has 0 fully saturated rings. The minimum Gasteiger partial charge on any atom is -0.508 e. The lowest BCUT2D eigenvalue weighted by molar-refractivity contribution is -0.117. The summed E-state index contributed by atoms with van der Waals surface area (Å²) in [4.78, 5) is 31.9. The first-order chi connectivity index (χ1) is 15.3. The molecule has 3 heterocycles. The molecule has 0 saturated heterocycles. The number of fused-ring (bicyclic) bond motifs is 1. The molecule has 0 bridgehead atoms. The lowest BCUT2D eigenvalue weighted by atomic mass is 9.95. The SMILES string of the molecule is O=C(C1=C(O)C(=O)N(c2nc3c(F)cc(F)cc3s2)C1c1ccc(O)cc1)c1cccs1. The predicted octanol–water partition coefficient (Wildman–Crippen LogP) is 5.12. The molecule has 160 valence electrons. The molecular weight excluding hydrogens is 458 g/mol. The summed E-state index contributed by atoms with van der Waals surface area (Å²) < 4.78 is 28.1. The molecule has 1 amide bonds. The van der Waals surface area contributed by atoms with E-state index in [1.807, 2.05) is 0 Å². The van der Waals surface area contributed by atoms with Crippen LogP contribution in [0, 0.1) is 11.6 Å². The number of phenols is 1. The zero-order valence-corrected chi connectivity index (χ0v) is 17.6. The Bertz CT molecular complexity index is 1410. The molecule has 4 aromatic rings. The van der Waals surface area contributed by atoms with Crippen LogP contribution in [-0.4, -0.2) is 26.9 Å². The number of benzene rings is 2. The highest BCUT2D eigenvalue weighted by Gasteiger charge is 2.46. The number of ketones is 1. The topological polar surface area (TPSA) is 90.7 Å². The number of thiophene rings is 1. The number of aliphatic hydroxyl groups is 1. The van der Waals surface area contributed by atoms with Gasteiger partial charge < -0.3 is 10.2 Å². The summed E-state index contributed by atoms with van der Waals surface area (Å²) in [6.45, 7) is 0. The summed E-state index contributed by atoms with van der Waals surface area (Å²) >= 11 is 2.02. The van der Waals surface area contributed by atoms with E-state index in [9.17, 15) is 28.6 Å². The molecule has 0 spiro atoms. The maximum atomic E-state index is 14.2. The third kappa shape index (κ3) is 3.15. The number of anilines is 1. The van der Waals surface area contributed by atoms with E-state index in [2.05, 4.69) is 4.98 Å². The average Bonchev–Trinajstić information content (AvgIpc) is 3.48. The Morgan fingerprint density at radius 3 is 2.53 bits per heavy atom. The first-order valence-electron chi connectivity index (χ1n) is 9.24. The Kier molecular flexibility index (Phi) is 4.75. The number of aliphatic hydroxyl groups excluding tert-OH is 1. The van der Waals surface area contributed by atoms with Crippen molar-refractivity contribution in [1.82, 2.24) is 4.98 Å². The highest BCUT2D eigenvalue weighted by Crippen LogP contribution is 2.45. The van der Waals surface area contributed by atoms with Gasteiger partial charge in [-0.2, -0.15) is 0 Å². The van der Waals surface area contributed by atoms with E-state index >= 15 is 0 Å². The van der Waals surface area contributed by atoms with Crippen molar-refractivity contribution in [3.8, 4) is 5.75 Å². The smallest absolute Gasteiger partial charge is 0.296 e. The fraction of sp³-hybridized carbons (Fsp3) is 0.0455. The standard InChI is InChI=1S/C22H12F2N2O4S2/c23-11-8-13(24)17-15(9-11)32-22(25-17)26-18(10-3-5-12(27)6-4-10)16(20(29)21(26)30)19(28)14-2-1-7-31-14/h1-9,18,27,29H. The summed E-state index contributed by atoms with van der Waals surface area (Å²) in [6, 6.07) is 9.74. The molecule has 1 aliphatic rings. The molecule has 2 N–H and O–H groups in total. The monoisotopic (exact) mass is 470 g/mol. The third-order valence-electron chi connectivity index (χ3n) is 5.01. The van der Waals surface area contributed by atoms with Crippen LogP contribution in [0.3, 0.4) is 0 Å². The Balaban J connectivity index is 1.70. The minimum absolute atomic E-state index is 0.00638. The number of aromatic nitrogens is 1. The van der Waals surface area contributed by atoms with Crippen LogP contribution in [-0.2, 0) is 4.79 Å². The van der Waals surface area contributed by atoms with Crippen molar-refractivity contribution in [2.24, 2.45) is 0 Å². The van der Waals surface area contributed by atoms with Gasteiger partial charge >= 0.3 is 0 Å². The molecule has 32 heavy (non-hydrogen) atoms. The van der Waals surface area contributed by atoms with Gasteiger partial charge in [-0.1, -0.05) is 29.5 Å². The molecule has 0 aliphatic carbocycles. The molecule has 10 heteroatoms. The van der Waals surface area contributed by atoms with Gasteiger partial charge in [0, 0.05) is 6.07 Å². The van der Waals surface area contributed by atoms with Gasteiger partial charge in [0.2, 0.25) is 5.78 Å². The Morgan fingerprint density at radius 1 is 1.09 bits per heavy atom. The zero-order valence-electron chi connectivity index (χ0n) is 16.0. The molecule has 1 unspecified atom stereocenters. The fourth-order valence-corrected chi connectivity index (χ4v) is 5.31. The van der Waals surface area contributed by atoms with Crippen LogP contribution in [0.25, 0.3) is 10.2 Å². The van der Waals surface area contributed by atoms with Crippen molar-refractivity contribution in [3.63, 3.8) is 0 Å². The van der Waals surface area contributed by atoms with E-state index in [0.717, 1.165) is 33.6 Å². The van der Waals surface area contributed by atoms with Crippen LogP contribution in [0.1, 0.15) is 21.3 Å². The predicted molar refractivity (Wildman–Crippen MR) is 116 cm³/mol. The summed E-state index contributed by atoms with van der Waals surface area (Å²) in [5.41, 5.74) is 0.140. The van der Waals surface area contributed by atoms with Crippen molar-refractivity contribution >= 4 is 49.7 Å².